The molecule has 0 bridgehead atoms. The van der Waals surface area contributed by atoms with Crippen LogP contribution in [0.5, 0.6) is 11.5 Å². The Bertz CT molecular complexity index is 1220. The number of ether oxygens (including phenoxy) is 2. The molecular formula is C25H29FN6O3. The molecule has 0 unspecified atom stereocenters. The predicted octanol–water partition coefficient (Wildman–Crippen LogP) is 3.82. The molecule has 2 heterocycles. The maximum absolute atomic E-state index is 14.8. The Hall–Kier alpha value is -3.92. The van der Waals surface area contributed by atoms with E-state index in [4.69, 9.17) is 20.9 Å². The second-order valence-electron chi connectivity index (χ2n) is 8.43. The Morgan fingerprint density at radius 2 is 1.89 bits per heavy atom. The summed E-state index contributed by atoms with van der Waals surface area (Å²) in [6.45, 7) is 0. The number of hydrogen-bond donors (Lipinski definition) is 4. The number of aromatic nitrogens is 2. The number of rotatable bonds is 8. The lowest BCUT2D eigenvalue weighted by atomic mass is 9.91. The molecule has 184 valence electrons. The molecule has 9 nitrogen and oxygen atoms in total. The van der Waals surface area contributed by atoms with Crippen molar-refractivity contribution in [2.24, 2.45) is 11.5 Å². The molecule has 1 fully saturated rings. The number of nitrogens with two attached hydrogens (primary N) is 2. The number of methoxy groups -OCH3 is 2. The average Bonchev–Trinajstić information content (AvgIpc) is 2.86. The van der Waals surface area contributed by atoms with Crippen LogP contribution >= 0.6 is 0 Å². The molecule has 4 rings (SSSR count). The van der Waals surface area contributed by atoms with Gasteiger partial charge in [0.15, 0.2) is 11.6 Å². The topological polar surface area (TPSA) is 137 Å². The first-order valence-corrected chi connectivity index (χ1v) is 11.4. The van der Waals surface area contributed by atoms with E-state index in [2.05, 4.69) is 20.6 Å². The van der Waals surface area contributed by atoms with Crippen molar-refractivity contribution in [3.8, 4) is 22.6 Å². The van der Waals surface area contributed by atoms with Crippen LogP contribution in [0.1, 0.15) is 36.0 Å². The summed E-state index contributed by atoms with van der Waals surface area (Å²) >= 11 is 0. The highest BCUT2D eigenvalue weighted by Crippen LogP contribution is 2.34. The molecule has 35 heavy (non-hydrogen) atoms. The largest absolute Gasteiger partial charge is 0.497 e. The van der Waals surface area contributed by atoms with E-state index in [0.717, 1.165) is 42.9 Å². The summed E-state index contributed by atoms with van der Waals surface area (Å²) in [5.41, 5.74) is 13.7. The molecule has 2 atom stereocenters. The number of primary amides is 1. The number of amides is 1. The monoisotopic (exact) mass is 480 g/mol. The lowest BCUT2D eigenvalue weighted by Gasteiger charge is -2.30. The highest BCUT2D eigenvalue weighted by atomic mass is 19.1. The number of hydrogen-bond acceptors (Lipinski definition) is 8. The minimum Gasteiger partial charge on any atom is -0.497 e. The first kappa shape index (κ1) is 24.2. The van der Waals surface area contributed by atoms with Crippen LogP contribution < -0.4 is 31.6 Å². The van der Waals surface area contributed by atoms with E-state index in [-0.39, 0.29) is 29.3 Å². The summed E-state index contributed by atoms with van der Waals surface area (Å²) in [4.78, 5) is 20.7. The summed E-state index contributed by atoms with van der Waals surface area (Å²) in [7, 11) is 3.15. The smallest absolute Gasteiger partial charge is 0.252 e. The van der Waals surface area contributed by atoms with Crippen LogP contribution in [0, 0.1) is 5.82 Å². The third-order valence-corrected chi connectivity index (χ3v) is 6.10. The van der Waals surface area contributed by atoms with Crippen LogP contribution in [0.25, 0.3) is 11.1 Å². The van der Waals surface area contributed by atoms with E-state index >= 15 is 0 Å². The molecule has 1 saturated carbocycles. The predicted molar refractivity (Wildman–Crippen MR) is 133 cm³/mol. The van der Waals surface area contributed by atoms with Crippen molar-refractivity contribution >= 4 is 23.2 Å². The summed E-state index contributed by atoms with van der Waals surface area (Å²) < 4.78 is 25.6. The molecule has 10 heteroatoms. The molecule has 6 N–H and O–H groups in total. The first-order chi connectivity index (χ1) is 16.9. The van der Waals surface area contributed by atoms with Gasteiger partial charge in [-0.25, -0.2) is 9.37 Å². The summed E-state index contributed by atoms with van der Waals surface area (Å²) in [6.07, 6.45) is 6.98. The summed E-state index contributed by atoms with van der Waals surface area (Å²) in [6, 6.07) is 8.14. The van der Waals surface area contributed by atoms with Crippen molar-refractivity contribution in [3.63, 3.8) is 0 Å². The van der Waals surface area contributed by atoms with E-state index in [0.29, 0.717) is 17.2 Å². The zero-order valence-electron chi connectivity index (χ0n) is 19.7. The normalized spacial score (nSPS) is 17.5. The van der Waals surface area contributed by atoms with Crippen LogP contribution in [0.2, 0.25) is 0 Å². The van der Waals surface area contributed by atoms with Crippen molar-refractivity contribution in [2.75, 3.05) is 24.9 Å². The van der Waals surface area contributed by atoms with Gasteiger partial charge in [-0.1, -0.05) is 12.8 Å². The Kier molecular flexibility index (Phi) is 7.31. The Morgan fingerprint density at radius 3 is 2.60 bits per heavy atom. The Labute approximate surface area is 203 Å². The minimum absolute atomic E-state index is 0.0146. The number of pyridine rings is 2. The van der Waals surface area contributed by atoms with Gasteiger partial charge < -0.3 is 31.6 Å². The van der Waals surface area contributed by atoms with Crippen LogP contribution in [-0.4, -0.2) is 42.2 Å². The number of benzene rings is 1. The van der Waals surface area contributed by atoms with Gasteiger partial charge in [0.2, 0.25) is 0 Å². The van der Waals surface area contributed by atoms with Gasteiger partial charge in [0.05, 0.1) is 31.7 Å². The fraction of sp³-hybridized carbons (Fsp3) is 0.320. The zero-order chi connectivity index (χ0) is 24.9. The summed E-state index contributed by atoms with van der Waals surface area (Å²) in [5, 5.41) is 6.17. The van der Waals surface area contributed by atoms with Crippen molar-refractivity contribution in [1.82, 2.24) is 9.97 Å². The number of anilines is 3. The van der Waals surface area contributed by atoms with Crippen molar-refractivity contribution in [3.05, 3.63) is 54.1 Å². The number of nitrogens with one attached hydrogen (secondary N) is 2. The SMILES string of the molecule is COc1ccc(-c2cncc(Nc3nc(N[C@@H]4CCCC[C@@H]4N)c(F)cc3C(N)=O)c2)c(OC)c1. The maximum Gasteiger partial charge on any atom is 0.252 e. The van der Waals surface area contributed by atoms with Crippen LogP contribution in [0.15, 0.2) is 42.7 Å². The van der Waals surface area contributed by atoms with Gasteiger partial charge in [-0.3, -0.25) is 9.78 Å². The van der Waals surface area contributed by atoms with Gasteiger partial charge in [-0.15, -0.1) is 0 Å². The van der Waals surface area contributed by atoms with E-state index < -0.39 is 11.7 Å². The van der Waals surface area contributed by atoms with Gasteiger partial charge >= 0.3 is 0 Å². The number of carbonyl (C=O) groups is 1. The molecule has 1 amide bonds. The van der Waals surface area contributed by atoms with Gasteiger partial charge in [0.1, 0.15) is 17.3 Å². The Morgan fingerprint density at radius 1 is 1.09 bits per heavy atom. The molecule has 3 aromatic rings. The van der Waals surface area contributed by atoms with E-state index in [1.807, 2.05) is 18.2 Å². The molecule has 2 aromatic heterocycles. The molecule has 1 aliphatic carbocycles. The molecule has 1 aliphatic rings. The molecule has 0 saturated heterocycles. The van der Waals surface area contributed by atoms with Crippen molar-refractivity contribution in [1.29, 1.82) is 0 Å². The second kappa shape index (κ2) is 10.6. The second-order valence-corrected chi connectivity index (χ2v) is 8.43. The zero-order valence-corrected chi connectivity index (χ0v) is 19.7. The fourth-order valence-corrected chi connectivity index (χ4v) is 4.22. The van der Waals surface area contributed by atoms with Gasteiger partial charge in [-0.05, 0) is 37.1 Å². The van der Waals surface area contributed by atoms with E-state index in [9.17, 15) is 9.18 Å². The van der Waals surface area contributed by atoms with E-state index in [1.54, 1.807) is 32.7 Å². The third-order valence-electron chi connectivity index (χ3n) is 6.10. The first-order valence-electron chi connectivity index (χ1n) is 11.4. The molecule has 0 spiro atoms. The Balaban J connectivity index is 1.66. The van der Waals surface area contributed by atoms with Crippen molar-refractivity contribution < 1.29 is 18.7 Å². The van der Waals surface area contributed by atoms with Crippen LogP contribution in [0.4, 0.5) is 21.7 Å². The quantitative estimate of drug-likeness (QED) is 0.382. The van der Waals surface area contributed by atoms with Crippen LogP contribution in [0.3, 0.4) is 0 Å². The number of nitrogens with zero attached hydrogens (tertiary/aromatic N) is 2. The fourth-order valence-electron chi connectivity index (χ4n) is 4.22. The minimum atomic E-state index is -0.805. The lowest BCUT2D eigenvalue weighted by molar-refractivity contribution is 0.100. The standard InChI is InChI=1S/C25H29FN6O3/c1-34-16-7-8-17(22(10-16)35-2)14-9-15(13-29-12-14)30-24-18(23(28)33)11-19(26)25(32-24)31-21-6-4-3-5-20(21)27/h7-13,20-21H,3-6,27H2,1-2H3,(H2,28,33)(H2,30,31,32)/t20-,21+/m0/s1. The van der Waals surface area contributed by atoms with Gasteiger partial charge in [0, 0.05) is 35.5 Å². The highest BCUT2D eigenvalue weighted by molar-refractivity contribution is 5.98. The summed E-state index contributed by atoms with van der Waals surface area (Å²) in [5.74, 6) is -0.0755. The molecule has 0 aliphatic heterocycles. The lowest BCUT2D eigenvalue weighted by Crippen LogP contribution is -2.43. The third kappa shape index (κ3) is 5.43. The molecule has 1 aromatic carbocycles. The van der Waals surface area contributed by atoms with Gasteiger partial charge in [0.25, 0.3) is 5.91 Å². The average molecular weight is 481 g/mol. The van der Waals surface area contributed by atoms with Crippen molar-refractivity contribution in [2.45, 2.75) is 37.8 Å². The molecular weight excluding hydrogens is 451 g/mol. The number of carbonyl (C=O) groups excluding carboxylic acids is 1. The number of halogens is 1. The maximum atomic E-state index is 14.8. The van der Waals surface area contributed by atoms with E-state index in [1.165, 1.54) is 0 Å². The molecule has 0 radical (unpaired) electrons. The van der Waals surface area contributed by atoms with Gasteiger partial charge in [-0.2, -0.15) is 0 Å². The van der Waals surface area contributed by atoms with Crippen LogP contribution in [-0.2, 0) is 0 Å². The highest BCUT2D eigenvalue weighted by Gasteiger charge is 2.24.